The zero-order valence-electron chi connectivity index (χ0n) is 43.6. The minimum absolute atomic E-state index is 0.0735. The van der Waals surface area contributed by atoms with Crippen molar-refractivity contribution in [3.05, 3.63) is 109 Å². The van der Waals surface area contributed by atoms with Gasteiger partial charge in [-0.05, 0) is 103 Å². The average molecular weight is 955 g/mol. The van der Waals surface area contributed by atoms with Crippen LogP contribution in [0.5, 0.6) is 0 Å². The van der Waals surface area contributed by atoms with E-state index in [-0.39, 0.29) is 25.8 Å². The number of quaternary nitrogens is 1. The first-order valence-electron chi connectivity index (χ1n) is 26.6. The SMILES string of the molecule is CC/C=C\C/C=C\C/C=C\C/C=C\C/C=C\C/C=C\CCCCCOCC(COP(=O)(O)OCC[N+](C)(C)C)OC(=O)CCCCCCCCCC/C=C\C/C=C\C/C=C\CCCCCCC. The Labute approximate surface area is 412 Å². The highest BCUT2D eigenvalue weighted by atomic mass is 31.2. The van der Waals surface area contributed by atoms with E-state index in [0.29, 0.717) is 24.1 Å². The van der Waals surface area contributed by atoms with Gasteiger partial charge in [0, 0.05) is 13.0 Å². The maximum Gasteiger partial charge on any atom is 0.472 e. The minimum atomic E-state index is -4.30. The number of carbonyl (C=O) groups is 1. The van der Waals surface area contributed by atoms with Gasteiger partial charge in [0.25, 0.3) is 0 Å². The molecule has 0 amide bonds. The maximum atomic E-state index is 12.8. The quantitative estimate of drug-likeness (QED) is 0.0214. The van der Waals surface area contributed by atoms with Crippen molar-refractivity contribution in [3.8, 4) is 0 Å². The normalized spacial score (nSPS) is 14.4. The Bertz CT molecular complexity index is 1430. The molecule has 0 aliphatic carbocycles. The fourth-order valence-corrected chi connectivity index (χ4v) is 7.48. The second kappa shape index (κ2) is 49.6. The molecule has 0 aromatic carbocycles. The molecule has 2 unspecified atom stereocenters. The second-order valence-corrected chi connectivity index (χ2v) is 20.0. The van der Waals surface area contributed by atoms with Crippen LogP contribution in [0.25, 0.3) is 0 Å². The molecule has 2 atom stereocenters. The van der Waals surface area contributed by atoms with E-state index in [1.165, 1.54) is 70.6 Å². The molecule has 0 aromatic heterocycles. The summed E-state index contributed by atoms with van der Waals surface area (Å²) in [5.41, 5.74) is 0. The molecule has 0 aromatic rings. The molecule has 0 rings (SSSR count). The standard InChI is InChI=1S/C58H100NO7P/c1-6-8-10-12-14-16-18-20-22-24-26-28-30-31-33-35-37-39-41-43-45-47-49-51-58(60)66-57(56-65-67(61,62)64-54-52-59(3,4)5)55-63-53-50-48-46-44-42-40-38-36-34-32-29-27-25-23-21-19-17-15-13-11-9-7-2/h9,11,15,17-18,20-21,23-24,26-27,29-31,34,36,40,42,57H,6-8,10,12-14,16,19,22,25,28,32-33,35,37-39,41,43-56H2,1-5H3/p+1/b11-9-,17-15-,20-18-,23-21-,26-24-,29-27-,31-30-,36-34-,42-40-. The number of allylic oxidation sites excluding steroid dienone is 18. The van der Waals surface area contributed by atoms with Gasteiger partial charge in [0.15, 0.2) is 0 Å². The lowest BCUT2D eigenvalue weighted by Gasteiger charge is -2.24. The van der Waals surface area contributed by atoms with Crippen LogP contribution in [0.1, 0.15) is 194 Å². The number of rotatable bonds is 48. The Hall–Kier alpha value is -2.84. The molecule has 0 aliphatic heterocycles. The summed E-state index contributed by atoms with van der Waals surface area (Å²) in [6.07, 6.45) is 70.0. The summed E-state index contributed by atoms with van der Waals surface area (Å²) < 4.78 is 35.1. The molecule has 0 saturated heterocycles. The predicted molar refractivity (Wildman–Crippen MR) is 288 cm³/mol. The van der Waals surface area contributed by atoms with E-state index in [2.05, 4.69) is 123 Å². The van der Waals surface area contributed by atoms with E-state index in [1.807, 2.05) is 21.1 Å². The molecule has 1 N–H and O–H groups in total. The highest BCUT2D eigenvalue weighted by Gasteiger charge is 2.26. The van der Waals surface area contributed by atoms with Gasteiger partial charge >= 0.3 is 13.8 Å². The van der Waals surface area contributed by atoms with E-state index in [4.69, 9.17) is 18.5 Å². The van der Waals surface area contributed by atoms with Crippen molar-refractivity contribution < 1.29 is 37.3 Å². The highest BCUT2D eigenvalue weighted by Crippen LogP contribution is 2.43. The van der Waals surface area contributed by atoms with Crippen molar-refractivity contribution in [2.75, 3.05) is 54.1 Å². The summed E-state index contributed by atoms with van der Waals surface area (Å²) in [5, 5.41) is 0. The molecular formula is C58H101NO7P+. The number of esters is 1. The summed E-state index contributed by atoms with van der Waals surface area (Å²) in [7, 11) is 1.62. The Morgan fingerprint density at radius 2 is 0.866 bits per heavy atom. The monoisotopic (exact) mass is 955 g/mol. The first-order chi connectivity index (χ1) is 32.6. The van der Waals surface area contributed by atoms with Gasteiger partial charge in [-0.3, -0.25) is 13.8 Å². The van der Waals surface area contributed by atoms with Gasteiger partial charge in [-0.25, -0.2) is 4.57 Å². The molecule has 67 heavy (non-hydrogen) atoms. The second-order valence-electron chi connectivity index (χ2n) is 18.5. The fraction of sp³-hybridized carbons (Fsp3) is 0.672. The van der Waals surface area contributed by atoms with E-state index in [9.17, 15) is 14.3 Å². The van der Waals surface area contributed by atoms with E-state index >= 15 is 0 Å². The number of unbranched alkanes of at least 4 members (excludes halogenated alkanes) is 16. The van der Waals surface area contributed by atoms with E-state index in [1.54, 1.807) is 0 Å². The number of ether oxygens (including phenoxy) is 2. The van der Waals surface area contributed by atoms with Crippen LogP contribution in [0.3, 0.4) is 0 Å². The number of likely N-dealkylation sites (N-methyl/N-ethyl adjacent to an activating group) is 1. The zero-order chi connectivity index (χ0) is 49.0. The third-order valence-electron chi connectivity index (χ3n) is 10.8. The van der Waals surface area contributed by atoms with E-state index < -0.39 is 13.9 Å². The van der Waals surface area contributed by atoms with Crippen LogP contribution in [0.4, 0.5) is 0 Å². The molecule has 0 radical (unpaired) electrons. The van der Waals surface area contributed by atoms with Gasteiger partial charge in [0.05, 0.1) is 34.4 Å². The van der Waals surface area contributed by atoms with Crippen LogP contribution in [0, 0.1) is 0 Å². The van der Waals surface area contributed by atoms with Gasteiger partial charge in [-0.15, -0.1) is 0 Å². The summed E-state index contributed by atoms with van der Waals surface area (Å²) in [6, 6.07) is 0. The van der Waals surface area contributed by atoms with Crippen LogP contribution in [0.15, 0.2) is 109 Å². The fourth-order valence-electron chi connectivity index (χ4n) is 6.74. The van der Waals surface area contributed by atoms with Gasteiger partial charge in [0.2, 0.25) is 0 Å². The molecule has 0 bridgehead atoms. The molecule has 0 saturated carbocycles. The number of phosphoric ester groups is 1. The van der Waals surface area contributed by atoms with Crippen LogP contribution < -0.4 is 0 Å². The smallest absolute Gasteiger partial charge is 0.457 e. The lowest BCUT2D eigenvalue weighted by Crippen LogP contribution is -2.37. The van der Waals surface area contributed by atoms with Crippen LogP contribution in [-0.4, -0.2) is 75.6 Å². The summed E-state index contributed by atoms with van der Waals surface area (Å²) in [4.78, 5) is 23.0. The van der Waals surface area contributed by atoms with Crippen molar-refractivity contribution in [2.24, 2.45) is 0 Å². The summed E-state index contributed by atoms with van der Waals surface area (Å²) >= 11 is 0. The number of carbonyl (C=O) groups excluding carboxylic acids is 1. The molecule has 384 valence electrons. The Balaban J connectivity index is 4.25. The molecule has 9 heteroatoms. The van der Waals surface area contributed by atoms with Crippen LogP contribution >= 0.6 is 7.82 Å². The highest BCUT2D eigenvalue weighted by molar-refractivity contribution is 7.47. The molecule has 0 heterocycles. The van der Waals surface area contributed by atoms with Crippen LogP contribution in [0.2, 0.25) is 0 Å². The van der Waals surface area contributed by atoms with Crippen molar-refractivity contribution in [3.63, 3.8) is 0 Å². The van der Waals surface area contributed by atoms with Gasteiger partial charge < -0.3 is 18.9 Å². The van der Waals surface area contributed by atoms with Crippen molar-refractivity contribution in [1.29, 1.82) is 0 Å². The van der Waals surface area contributed by atoms with E-state index in [0.717, 1.165) is 103 Å². The zero-order valence-corrected chi connectivity index (χ0v) is 44.5. The minimum Gasteiger partial charge on any atom is -0.457 e. The number of phosphoric acid groups is 1. The first-order valence-corrected chi connectivity index (χ1v) is 28.1. The Kier molecular flexibility index (Phi) is 47.5. The number of nitrogens with zero attached hydrogens (tertiary/aromatic N) is 1. The summed E-state index contributed by atoms with van der Waals surface area (Å²) in [5.74, 6) is -0.337. The van der Waals surface area contributed by atoms with Gasteiger partial charge in [0.1, 0.15) is 19.3 Å². The summed E-state index contributed by atoms with van der Waals surface area (Å²) in [6.45, 7) is 5.38. The average Bonchev–Trinajstić information content (AvgIpc) is 3.29. The first kappa shape index (κ1) is 64.2. The van der Waals surface area contributed by atoms with Gasteiger partial charge in [-0.2, -0.15) is 0 Å². The maximum absolute atomic E-state index is 12.8. The number of hydrogen-bond donors (Lipinski definition) is 1. The van der Waals surface area contributed by atoms with Crippen LogP contribution in [-0.2, 0) is 27.9 Å². The van der Waals surface area contributed by atoms with Crippen molar-refractivity contribution in [1.82, 2.24) is 0 Å². The Morgan fingerprint density at radius 1 is 0.478 bits per heavy atom. The largest absolute Gasteiger partial charge is 0.472 e. The topological polar surface area (TPSA) is 91.3 Å². The lowest BCUT2D eigenvalue weighted by molar-refractivity contribution is -0.870. The lowest BCUT2D eigenvalue weighted by atomic mass is 10.1. The molecular weight excluding hydrogens is 854 g/mol. The number of hydrogen-bond acceptors (Lipinski definition) is 6. The van der Waals surface area contributed by atoms with Crippen molar-refractivity contribution >= 4 is 13.8 Å². The molecule has 0 aliphatic rings. The predicted octanol–water partition coefficient (Wildman–Crippen LogP) is 16.7. The third-order valence-corrected chi connectivity index (χ3v) is 11.8. The van der Waals surface area contributed by atoms with Gasteiger partial charge in [-0.1, -0.05) is 194 Å². The molecule has 0 spiro atoms. The third kappa shape index (κ3) is 54.0. The Morgan fingerprint density at radius 3 is 1.30 bits per heavy atom. The molecule has 8 nitrogen and oxygen atoms in total. The molecule has 0 fully saturated rings. The van der Waals surface area contributed by atoms with Crippen molar-refractivity contribution in [2.45, 2.75) is 200 Å².